The van der Waals surface area contributed by atoms with Crippen molar-refractivity contribution in [3.8, 4) is 17.0 Å². The number of rotatable bonds is 5. The molecule has 3 N–H and O–H groups in total. The van der Waals surface area contributed by atoms with Crippen LogP contribution in [0.2, 0.25) is 0 Å². The van der Waals surface area contributed by atoms with E-state index in [1.807, 2.05) is 0 Å². The Kier molecular flexibility index (Phi) is 5.73. The minimum Gasteiger partial charge on any atom is -0.504 e. The highest BCUT2D eigenvalue weighted by Crippen LogP contribution is 2.34. The van der Waals surface area contributed by atoms with Gasteiger partial charge in [-0.1, -0.05) is 6.07 Å². The molecular weight excluding hydrogens is 351 g/mol. The molecule has 2 aromatic rings. The van der Waals surface area contributed by atoms with Gasteiger partial charge in [0, 0.05) is 25.1 Å². The van der Waals surface area contributed by atoms with Crippen molar-refractivity contribution >= 4 is 17.5 Å². The smallest absolute Gasteiger partial charge is 0.306 e. The van der Waals surface area contributed by atoms with Crippen LogP contribution in [0, 0.1) is 11.7 Å². The summed E-state index contributed by atoms with van der Waals surface area (Å²) in [6.07, 6.45) is 2.09. The molecule has 27 heavy (non-hydrogen) atoms. The van der Waals surface area contributed by atoms with Crippen LogP contribution in [0.4, 0.5) is 15.9 Å². The Hall–Kier alpha value is -2.90. The van der Waals surface area contributed by atoms with Gasteiger partial charge in [-0.25, -0.2) is 4.39 Å². The molecule has 1 aliphatic heterocycles. The highest BCUT2D eigenvalue weighted by atomic mass is 19.1. The largest absolute Gasteiger partial charge is 0.504 e. The standard InChI is InChI=1S/C19H23FN4O3/c1-2-27-17(25)10-12-6-8-24(9-7-12)16-11-15(22-23-19(16)21)13-4-3-5-14(20)18(13)26/h3-5,11-12,26H,2,6-10H2,1H3,(H2,21,23). The number of phenolic OH excluding ortho intramolecular Hbond substituents is 1. The zero-order valence-electron chi connectivity index (χ0n) is 15.2. The average Bonchev–Trinajstić information content (AvgIpc) is 2.65. The van der Waals surface area contributed by atoms with Gasteiger partial charge in [-0.05, 0) is 43.9 Å². The molecule has 144 valence electrons. The molecule has 0 atom stereocenters. The summed E-state index contributed by atoms with van der Waals surface area (Å²) in [5, 5.41) is 17.9. The van der Waals surface area contributed by atoms with Crippen LogP contribution < -0.4 is 10.6 Å². The Morgan fingerprint density at radius 3 is 2.81 bits per heavy atom. The molecule has 0 amide bonds. The van der Waals surface area contributed by atoms with Crippen molar-refractivity contribution < 1.29 is 19.0 Å². The second-order valence-corrected chi connectivity index (χ2v) is 6.58. The fraction of sp³-hybridized carbons (Fsp3) is 0.421. The first-order valence-electron chi connectivity index (χ1n) is 9.01. The lowest BCUT2D eigenvalue weighted by atomic mass is 9.93. The molecule has 0 bridgehead atoms. The third-order valence-electron chi connectivity index (χ3n) is 4.78. The van der Waals surface area contributed by atoms with E-state index < -0.39 is 11.6 Å². The fourth-order valence-electron chi connectivity index (χ4n) is 3.33. The molecule has 8 heteroatoms. The molecule has 0 radical (unpaired) electrons. The van der Waals surface area contributed by atoms with Crippen LogP contribution in [0.3, 0.4) is 0 Å². The van der Waals surface area contributed by atoms with Gasteiger partial charge in [0.2, 0.25) is 0 Å². The number of para-hydroxylation sites is 1. The van der Waals surface area contributed by atoms with Crippen molar-refractivity contribution in [2.24, 2.45) is 5.92 Å². The summed E-state index contributed by atoms with van der Waals surface area (Å²) in [5.41, 5.74) is 7.30. The Morgan fingerprint density at radius 2 is 2.11 bits per heavy atom. The highest BCUT2D eigenvalue weighted by molar-refractivity contribution is 5.74. The lowest BCUT2D eigenvalue weighted by Crippen LogP contribution is -2.35. The number of ether oxygens (including phenoxy) is 1. The van der Waals surface area contributed by atoms with Crippen LogP contribution >= 0.6 is 0 Å². The number of carbonyl (C=O) groups is 1. The van der Waals surface area contributed by atoms with Crippen LogP contribution in [0.1, 0.15) is 26.2 Å². The zero-order valence-corrected chi connectivity index (χ0v) is 15.2. The highest BCUT2D eigenvalue weighted by Gasteiger charge is 2.24. The maximum Gasteiger partial charge on any atom is 0.306 e. The SMILES string of the molecule is CCOC(=O)CC1CCN(c2cc(-c3cccc(F)c3O)nnc2N)CC1. The van der Waals surface area contributed by atoms with Crippen molar-refractivity contribution in [2.75, 3.05) is 30.3 Å². The molecule has 0 aliphatic carbocycles. The van der Waals surface area contributed by atoms with Crippen LogP contribution in [0.25, 0.3) is 11.3 Å². The number of nitrogens with two attached hydrogens (primary N) is 1. The molecule has 2 heterocycles. The number of nitrogens with zero attached hydrogens (tertiary/aromatic N) is 3. The molecule has 1 saturated heterocycles. The van der Waals surface area contributed by atoms with Crippen LogP contribution in [0.15, 0.2) is 24.3 Å². The van der Waals surface area contributed by atoms with Gasteiger partial charge in [0.15, 0.2) is 17.4 Å². The number of esters is 1. The lowest BCUT2D eigenvalue weighted by Gasteiger charge is -2.33. The summed E-state index contributed by atoms with van der Waals surface area (Å²) in [6, 6.07) is 5.97. The van der Waals surface area contributed by atoms with Gasteiger partial charge in [-0.3, -0.25) is 4.79 Å². The Labute approximate surface area is 157 Å². The third-order valence-corrected chi connectivity index (χ3v) is 4.78. The lowest BCUT2D eigenvalue weighted by molar-refractivity contribution is -0.144. The van der Waals surface area contributed by atoms with Crippen molar-refractivity contribution in [3.63, 3.8) is 0 Å². The molecule has 1 aromatic heterocycles. The third kappa shape index (κ3) is 4.27. The predicted octanol–water partition coefficient (Wildman–Crippen LogP) is 2.74. The monoisotopic (exact) mass is 374 g/mol. The zero-order chi connectivity index (χ0) is 19.4. The van der Waals surface area contributed by atoms with E-state index >= 15 is 0 Å². The molecule has 7 nitrogen and oxygen atoms in total. The van der Waals surface area contributed by atoms with Crippen molar-refractivity contribution in [2.45, 2.75) is 26.2 Å². The molecule has 0 saturated carbocycles. The maximum atomic E-state index is 13.6. The van der Waals surface area contributed by atoms with Gasteiger partial charge in [0.1, 0.15) is 0 Å². The summed E-state index contributed by atoms with van der Waals surface area (Å²) in [6.45, 7) is 3.63. The quantitative estimate of drug-likeness (QED) is 0.776. The van der Waals surface area contributed by atoms with E-state index in [0.717, 1.165) is 12.8 Å². The number of hydrogen-bond acceptors (Lipinski definition) is 7. The number of hydrogen-bond donors (Lipinski definition) is 2. The Balaban J connectivity index is 1.74. The molecule has 1 aliphatic rings. The number of anilines is 2. The maximum absolute atomic E-state index is 13.6. The fourth-order valence-corrected chi connectivity index (χ4v) is 3.33. The van der Waals surface area contributed by atoms with Crippen molar-refractivity contribution in [1.29, 1.82) is 0 Å². The normalized spacial score (nSPS) is 15.0. The first kappa shape index (κ1) is 18.9. The van der Waals surface area contributed by atoms with Gasteiger partial charge in [-0.2, -0.15) is 0 Å². The number of aromatic nitrogens is 2. The van der Waals surface area contributed by atoms with Crippen LogP contribution in [-0.4, -0.2) is 41.0 Å². The van der Waals surface area contributed by atoms with Gasteiger partial charge in [0.05, 0.1) is 18.0 Å². The number of nitrogen functional groups attached to an aromatic ring is 1. The summed E-state index contributed by atoms with van der Waals surface area (Å²) in [7, 11) is 0. The molecule has 3 rings (SSSR count). The topological polar surface area (TPSA) is 102 Å². The van der Waals surface area contributed by atoms with E-state index in [4.69, 9.17) is 10.5 Å². The summed E-state index contributed by atoms with van der Waals surface area (Å²) >= 11 is 0. The first-order chi connectivity index (χ1) is 13.0. The first-order valence-corrected chi connectivity index (χ1v) is 9.01. The van der Waals surface area contributed by atoms with Gasteiger partial charge in [0.25, 0.3) is 0 Å². The number of benzene rings is 1. The average molecular weight is 374 g/mol. The minimum absolute atomic E-state index is 0.162. The molecule has 0 spiro atoms. The second-order valence-electron chi connectivity index (χ2n) is 6.58. The van der Waals surface area contributed by atoms with Crippen LogP contribution in [-0.2, 0) is 9.53 Å². The second kappa shape index (κ2) is 8.20. The number of aromatic hydroxyl groups is 1. The Morgan fingerprint density at radius 1 is 1.37 bits per heavy atom. The number of piperidine rings is 1. The van der Waals surface area contributed by atoms with E-state index in [-0.39, 0.29) is 23.3 Å². The van der Waals surface area contributed by atoms with E-state index in [1.165, 1.54) is 12.1 Å². The molecule has 1 fully saturated rings. The summed E-state index contributed by atoms with van der Waals surface area (Å²) in [5.74, 6) is -0.783. The summed E-state index contributed by atoms with van der Waals surface area (Å²) in [4.78, 5) is 13.7. The van der Waals surface area contributed by atoms with E-state index in [0.29, 0.717) is 37.5 Å². The van der Waals surface area contributed by atoms with E-state index in [2.05, 4.69) is 15.1 Å². The van der Waals surface area contributed by atoms with Crippen molar-refractivity contribution in [1.82, 2.24) is 10.2 Å². The molecular formula is C19H23FN4O3. The number of halogens is 1. The van der Waals surface area contributed by atoms with Gasteiger partial charge >= 0.3 is 5.97 Å². The van der Waals surface area contributed by atoms with E-state index in [1.54, 1.807) is 19.1 Å². The van der Waals surface area contributed by atoms with E-state index in [9.17, 15) is 14.3 Å². The number of phenols is 1. The number of carbonyl (C=O) groups excluding carboxylic acids is 1. The van der Waals surface area contributed by atoms with Gasteiger partial charge < -0.3 is 20.5 Å². The molecule has 1 aromatic carbocycles. The summed E-state index contributed by atoms with van der Waals surface area (Å²) < 4.78 is 18.6. The Bertz CT molecular complexity index is 823. The van der Waals surface area contributed by atoms with Crippen LogP contribution in [0.5, 0.6) is 5.75 Å². The predicted molar refractivity (Wildman–Crippen MR) is 99.7 cm³/mol. The molecule has 0 unspecified atom stereocenters. The van der Waals surface area contributed by atoms with Gasteiger partial charge in [-0.15, -0.1) is 10.2 Å². The van der Waals surface area contributed by atoms with Crippen molar-refractivity contribution in [3.05, 3.63) is 30.1 Å². The minimum atomic E-state index is -0.715.